The van der Waals surface area contributed by atoms with Gasteiger partial charge in [0, 0.05) is 17.4 Å². The van der Waals surface area contributed by atoms with Gasteiger partial charge in [-0.2, -0.15) is 0 Å². The van der Waals surface area contributed by atoms with Gasteiger partial charge < -0.3 is 10.6 Å². The van der Waals surface area contributed by atoms with E-state index in [1.807, 2.05) is 0 Å². The zero-order valence-corrected chi connectivity index (χ0v) is 13.0. The minimum Gasteiger partial charge on any atom is -0.338 e. The topological polar surface area (TPSA) is 29.3 Å². The molecule has 0 bridgehead atoms. The minimum absolute atomic E-state index is 0.541. The van der Waals surface area contributed by atoms with Gasteiger partial charge in [-0.25, -0.2) is 0 Å². The number of hydrogen-bond donors (Lipinski definition) is 1. The summed E-state index contributed by atoms with van der Waals surface area (Å²) in [5.74, 6) is 0. The van der Waals surface area contributed by atoms with E-state index >= 15 is 0 Å². The first kappa shape index (κ1) is 14.2. The Morgan fingerprint density at radius 3 is 2.76 bits per heavy atom. The molecule has 2 aromatic carbocycles. The standard InChI is InChI=1S/C19H24N2/c1-14-13-18(10-9-16(14)11-12-20)21-15(2)7-8-17-5-3-4-6-19(17)21/h3-6,9-10,13,15H,7-8,11-12,20H2,1-2H3. The quantitative estimate of drug-likeness (QED) is 0.921. The van der Waals surface area contributed by atoms with Crippen LogP contribution in [0.25, 0.3) is 0 Å². The van der Waals surface area contributed by atoms with E-state index in [0.717, 1.165) is 6.42 Å². The third-order valence-corrected chi connectivity index (χ3v) is 4.54. The van der Waals surface area contributed by atoms with Crippen LogP contribution < -0.4 is 10.6 Å². The van der Waals surface area contributed by atoms with Crippen molar-refractivity contribution in [2.24, 2.45) is 5.73 Å². The second-order valence-corrected chi connectivity index (χ2v) is 6.04. The maximum absolute atomic E-state index is 5.69. The number of rotatable bonds is 3. The summed E-state index contributed by atoms with van der Waals surface area (Å²) in [6.45, 7) is 5.22. The molecular formula is C19H24N2. The Morgan fingerprint density at radius 2 is 2.00 bits per heavy atom. The first-order valence-electron chi connectivity index (χ1n) is 7.87. The lowest BCUT2D eigenvalue weighted by Crippen LogP contribution is -2.33. The Hall–Kier alpha value is -1.80. The molecule has 0 spiro atoms. The average Bonchev–Trinajstić information content (AvgIpc) is 2.49. The molecule has 1 aliphatic heterocycles. The molecule has 0 amide bonds. The van der Waals surface area contributed by atoms with E-state index in [1.54, 1.807) is 0 Å². The highest BCUT2D eigenvalue weighted by molar-refractivity contribution is 5.69. The predicted octanol–water partition coefficient (Wildman–Crippen LogP) is 3.97. The molecule has 2 heteroatoms. The molecule has 21 heavy (non-hydrogen) atoms. The number of nitrogens with zero attached hydrogens (tertiary/aromatic N) is 1. The Bertz CT molecular complexity index is 633. The van der Waals surface area contributed by atoms with Gasteiger partial charge >= 0.3 is 0 Å². The van der Waals surface area contributed by atoms with E-state index in [0.29, 0.717) is 12.6 Å². The van der Waals surface area contributed by atoms with Crippen LogP contribution in [0.5, 0.6) is 0 Å². The highest BCUT2D eigenvalue weighted by Gasteiger charge is 2.24. The van der Waals surface area contributed by atoms with Gasteiger partial charge in [0.2, 0.25) is 0 Å². The number of anilines is 2. The summed E-state index contributed by atoms with van der Waals surface area (Å²) < 4.78 is 0. The van der Waals surface area contributed by atoms with Gasteiger partial charge in [-0.15, -0.1) is 0 Å². The smallest absolute Gasteiger partial charge is 0.0445 e. The third kappa shape index (κ3) is 2.68. The number of benzene rings is 2. The van der Waals surface area contributed by atoms with Gasteiger partial charge in [-0.1, -0.05) is 24.3 Å². The summed E-state index contributed by atoms with van der Waals surface area (Å²) in [4.78, 5) is 2.48. The van der Waals surface area contributed by atoms with Crippen LogP contribution in [0, 0.1) is 6.92 Å². The molecule has 2 N–H and O–H groups in total. The van der Waals surface area contributed by atoms with Crippen LogP contribution in [0.15, 0.2) is 42.5 Å². The van der Waals surface area contributed by atoms with Crippen molar-refractivity contribution in [2.75, 3.05) is 11.4 Å². The monoisotopic (exact) mass is 280 g/mol. The van der Waals surface area contributed by atoms with Gasteiger partial charge in [0.25, 0.3) is 0 Å². The van der Waals surface area contributed by atoms with E-state index in [-0.39, 0.29) is 0 Å². The number of hydrogen-bond acceptors (Lipinski definition) is 2. The molecule has 0 radical (unpaired) electrons. The summed E-state index contributed by atoms with van der Waals surface area (Å²) in [5.41, 5.74) is 12.5. The fourth-order valence-electron chi connectivity index (χ4n) is 3.35. The van der Waals surface area contributed by atoms with Crippen molar-refractivity contribution in [1.82, 2.24) is 0 Å². The molecule has 0 aromatic heterocycles. The summed E-state index contributed by atoms with van der Waals surface area (Å²) in [5, 5.41) is 0. The molecule has 0 fully saturated rings. The second-order valence-electron chi connectivity index (χ2n) is 6.04. The number of fused-ring (bicyclic) bond motifs is 1. The summed E-state index contributed by atoms with van der Waals surface area (Å²) in [6.07, 6.45) is 3.34. The Morgan fingerprint density at radius 1 is 1.19 bits per heavy atom. The first-order valence-corrected chi connectivity index (χ1v) is 7.87. The van der Waals surface area contributed by atoms with Crippen molar-refractivity contribution >= 4 is 11.4 Å². The molecule has 2 nitrogen and oxygen atoms in total. The number of nitrogens with two attached hydrogens (primary N) is 1. The van der Waals surface area contributed by atoms with E-state index in [9.17, 15) is 0 Å². The fraction of sp³-hybridized carbons (Fsp3) is 0.368. The highest BCUT2D eigenvalue weighted by atomic mass is 15.2. The molecule has 1 aliphatic rings. The molecule has 3 rings (SSSR count). The van der Waals surface area contributed by atoms with Gasteiger partial charge in [0.15, 0.2) is 0 Å². The van der Waals surface area contributed by atoms with Crippen LogP contribution in [-0.2, 0) is 12.8 Å². The molecule has 2 aromatic rings. The Balaban J connectivity index is 2.01. The summed E-state index contributed by atoms with van der Waals surface area (Å²) in [6, 6.07) is 16.1. The molecule has 1 heterocycles. The van der Waals surface area contributed by atoms with Crippen LogP contribution in [0.2, 0.25) is 0 Å². The van der Waals surface area contributed by atoms with Crippen LogP contribution in [0.3, 0.4) is 0 Å². The molecule has 0 aliphatic carbocycles. The Labute approximate surface area is 127 Å². The lowest BCUT2D eigenvalue weighted by molar-refractivity contribution is 0.618. The van der Waals surface area contributed by atoms with Crippen molar-refractivity contribution in [3.05, 3.63) is 59.2 Å². The van der Waals surface area contributed by atoms with E-state index in [4.69, 9.17) is 5.73 Å². The molecule has 1 atom stereocenters. The number of aryl methyl sites for hydroxylation is 2. The van der Waals surface area contributed by atoms with Crippen molar-refractivity contribution in [3.8, 4) is 0 Å². The molecule has 110 valence electrons. The first-order chi connectivity index (χ1) is 10.2. The number of para-hydroxylation sites is 1. The normalized spacial score (nSPS) is 17.7. The van der Waals surface area contributed by atoms with E-state index in [2.05, 4.69) is 61.2 Å². The molecule has 0 saturated heterocycles. The highest BCUT2D eigenvalue weighted by Crippen LogP contribution is 2.37. The van der Waals surface area contributed by atoms with Crippen molar-refractivity contribution in [2.45, 2.75) is 39.2 Å². The van der Waals surface area contributed by atoms with Crippen molar-refractivity contribution in [1.29, 1.82) is 0 Å². The van der Waals surface area contributed by atoms with Gasteiger partial charge in [-0.3, -0.25) is 0 Å². The van der Waals surface area contributed by atoms with E-state index in [1.165, 1.54) is 40.9 Å². The van der Waals surface area contributed by atoms with Gasteiger partial charge in [-0.05, 0) is 74.5 Å². The second kappa shape index (κ2) is 5.90. The average molecular weight is 280 g/mol. The van der Waals surface area contributed by atoms with E-state index < -0.39 is 0 Å². The van der Waals surface area contributed by atoms with Gasteiger partial charge in [0.05, 0.1) is 0 Å². The zero-order chi connectivity index (χ0) is 14.8. The minimum atomic E-state index is 0.541. The third-order valence-electron chi connectivity index (χ3n) is 4.54. The molecule has 0 saturated carbocycles. The molecular weight excluding hydrogens is 256 g/mol. The van der Waals surface area contributed by atoms with Gasteiger partial charge in [0.1, 0.15) is 0 Å². The lowest BCUT2D eigenvalue weighted by Gasteiger charge is -2.37. The van der Waals surface area contributed by atoms with Crippen LogP contribution >= 0.6 is 0 Å². The molecule has 1 unspecified atom stereocenters. The summed E-state index contributed by atoms with van der Waals surface area (Å²) >= 11 is 0. The maximum atomic E-state index is 5.69. The lowest BCUT2D eigenvalue weighted by atomic mass is 9.95. The maximum Gasteiger partial charge on any atom is 0.0445 e. The zero-order valence-electron chi connectivity index (χ0n) is 13.0. The van der Waals surface area contributed by atoms with Crippen LogP contribution in [-0.4, -0.2) is 12.6 Å². The predicted molar refractivity (Wildman–Crippen MR) is 90.3 cm³/mol. The van der Waals surface area contributed by atoms with Crippen LogP contribution in [0.4, 0.5) is 11.4 Å². The fourth-order valence-corrected chi connectivity index (χ4v) is 3.35. The van der Waals surface area contributed by atoms with Crippen molar-refractivity contribution in [3.63, 3.8) is 0 Å². The summed E-state index contributed by atoms with van der Waals surface area (Å²) in [7, 11) is 0. The largest absolute Gasteiger partial charge is 0.338 e. The SMILES string of the molecule is Cc1cc(N2c3ccccc3CCC2C)ccc1CCN. The van der Waals surface area contributed by atoms with Crippen molar-refractivity contribution < 1.29 is 0 Å². The van der Waals surface area contributed by atoms with Crippen LogP contribution in [0.1, 0.15) is 30.0 Å². The Kier molecular flexibility index (Phi) is 3.98.